The summed E-state index contributed by atoms with van der Waals surface area (Å²) in [5, 5.41) is 17.5. The standard InChI is InChI=1S/C15H15N5OS3/c21-15(17-14-19-18-13(24-14)11-5-3-8-22-11)20-7-2-1-4-10(20)12-16-6-9-23-12/h3,5-6,8-10H,1-2,4,7H2,(H,17,19,21). The minimum absolute atomic E-state index is 0.0587. The second-order valence-corrected chi connectivity index (χ2v) is 8.25. The maximum absolute atomic E-state index is 12.7. The van der Waals surface area contributed by atoms with E-state index in [-0.39, 0.29) is 12.1 Å². The zero-order valence-electron chi connectivity index (χ0n) is 12.7. The SMILES string of the molecule is O=C(Nc1nnc(-c2cccs2)s1)N1CCCCC1c1nccs1. The molecule has 4 rings (SSSR count). The Hall–Kier alpha value is -1.84. The van der Waals surface area contributed by atoms with Crippen molar-refractivity contribution >= 4 is 45.2 Å². The molecule has 24 heavy (non-hydrogen) atoms. The smallest absolute Gasteiger partial charge is 0.315 e. The van der Waals surface area contributed by atoms with Gasteiger partial charge in [0.25, 0.3) is 0 Å². The molecular weight excluding hydrogens is 362 g/mol. The average Bonchev–Trinajstić information content (AvgIpc) is 3.36. The van der Waals surface area contributed by atoms with Gasteiger partial charge in [-0.25, -0.2) is 9.78 Å². The lowest BCUT2D eigenvalue weighted by Gasteiger charge is -2.34. The van der Waals surface area contributed by atoms with Crippen molar-refractivity contribution in [3.63, 3.8) is 0 Å². The highest BCUT2D eigenvalue weighted by Crippen LogP contribution is 2.33. The maximum Gasteiger partial charge on any atom is 0.324 e. The lowest BCUT2D eigenvalue weighted by molar-refractivity contribution is 0.163. The van der Waals surface area contributed by atoms with Crippen LogP contribution in [0.4, 0.5) is 9.93 Å². The molecule has 6 nitrogen and oxygen atoms in total. The van der Waals surface area contributed by atoms with Crippen molar-refractivity contribution in [1.29, 1.82) is 0 Å². The van der Waals surface area contributed by atoms with Gasteiger partial charge in [0.2, 0.25) is 5.13 Å². The number of thiazole rings is 1. The number of nitrogens with one attached hydrogen (secondary N) is 1. The van der Waals surface area contributed by atoms with Crippen LogP contribution in [0.2, 0.25) is 0 Å². The topological polar surface area (TPSA) is 71.0 Å². The summed E-state index contributed by atoms with van der Waals surface area (Å²) in [6, 6.07) is 3.92. The van der Waals surface area contributed by atoms with Crippen LogP contribution >= 0.6 is 34.0 Å². The lowest BCUT2D eigenvalue weighted by atomic mass is 10.0. The van der Waals surface area contributed by atoms with E-state index >= 15 is 0 Å². The molecule has 1 aliphatic heterocycles. The van der Waals surface area contributed by atoms with E-state index in [1.54, 1.807) is 28.9 Å². The van der Waals surface area contributed by atoms with E-state index in [1.165, 1.54) is 11.3 Å². The number of hydrogen-bond donors (Lipinski definition) is 1. The zero-order valence-corrected chi connectivity index (χ0v) is 15.2. The number of piperidine rings is 1. The first-order valence-electron chi connectivity index (χ1n) is 7.65. The third kappa shape index (κ3) is 3.19. The number of likely N-dealkylation sites (tertiary alicyclic amines) is 1. The number of anilines is 1. The van der Waals surface area contributed by atoms with E-state index in [2.05, 4.69) is 20.5 Å². The second kappa shape index (κ2) is 6.96. The summed E-state index contributed by atoms with van der Waals surface area (Å²) >= 11 is 4.61. The van der Waals surface area contributed by atoms with Crippen LogP contribution in [-0.2, 0) is 0 Å². The number of carbonyl (C=O) groups excluding carboxylic acids is 1. The van der Waals surface area contributed by atoms with Crippen molar-refractivity contribution in [3.05, 3.63) is 34.1 Å². The number of urea groups is 1. The molecular formula is C15H15N5OS3. The van der Waals surface area contributed by atoms with E-state index in [1.807, 2.05) is 27.8 Å². The highest BCUT2D eigenvalue weighted by Gasteiger charge is 2.30. The van der Waals surface area contributed by atoms with E-state index in [9.17, 15) is 4.79 Å². The normalized spacial score (nSPS) is 17.8. The predicted molar refractivity (Wildman–Crippen MR) is 97.7 cm³/mol. The van der Waals surface area contributed by atoms with Crippen LogP contribution < -0.4 is 5.32 Å². The first-order valence-corrected chi connectivity index (χ1v) is 10.2. The molecule has 3 aromatic heterocycles. The number of carbonyl (C=O) groups is 1. The molecule has 3 aromatic rings. The van der Waals surface area contributed by atoms with Gasteiger partial charge in [0.15, 0.2) is 5.01 Å². The molecule has 0 radical (unpaired) electrons. The molecule has 124 valence electrons. The number of rotatable bonds is 3. The molecule has 1 N–H and O–H groups in total. The number of thiophene rings is 1. The minimum Gasteiger partial charge on any atom is -0.315 e. The molecule has 9 heteroatoms. The second-order valence-electron chi connectivity index (χ2n) is 5.40. The van der Waals surface area contributed by atoms with Crippen molar-refractivity contribution in [2.75, 3.05) is 11.9 Å². The third-order valence-corrected chi connectivity index (χ3v) is 6.63. The number of hydrogen-bond acceptors (Lipinski definition) is 7. The average molecular weight is 378 g/mol. The number of amides is 2. The van der Waals surface area contributed by atoms with Gasteiger partial charge in [0, 0.05) is 18.1 Å². The lowest BCUT2D eigenvalue weighted by Crippen LogP contribution is -2.41. The van der Waals surface area contributed by atoms with Crippen LogP contribution in [0.5, 0.6) is 0 Å². The largest absolute Gasteiger partial charge is 0.324 e. The summed E-state index contributed by atoms with van der Waals surface area (Å²) in [5.41, 5.74) is 0. The highest BCUT2D eigenvalue weighted by atomic mass is 32.1. The first-order chi connectivity index (χ1) is 11.8. The van der Waals surface area contributed by atoms with Gasteiger partial charge in [-0.1, -0.05) is 17.4 Å². The summed E-state index contributed by atoms with van der Waals surface area (Å²) in [5.74, 6) is 0. The Morgan fingerprint density at radius 1 is 1.25 bits per heavy atom. The van der Waals surface area contributed by atoms with Gasteiger partial charge in [-0.15, -0.1) is 32.9 Å². The van der Waals surface area contributed by atoms with Crippen molar-refractivity contribution in [1.82, 2.24) is 20.1 Å². The van der Waals surface area contributed by atoms with Gasteiger partial charge in [-0.05, 0) is 30.7 Å². The van der Waals surface area contributed by atoms with Crippen molar-refractivity contribution in [3.8, 4) is 9.88 Å². The quantitative estimate of drug-likeness (QED) is 0.730. The Bertz CT molecular complexity index is 799. The summed E-state index contributed by atoms with van der Waals surface area (Å²) < 4.78 is 0. The zero-order chi connectivity index (χ0) is 16.4. The first kappa shape index (κ1) is 15.7. The molecule has 4 heterocycles. The van der Waals surface area contributed by atoms with Gasteiger partial charge in [0.1, 0.15) is 5.01 Å². The van der Waals surface area contributed by atoms with Crippen molar-refractivity contribution in [2.24, 2.45) is 0 Å². The van der Waals surface area contributed by atoms with Gasteiger partial charge in [0.05, 0.1) is 10.9 Å². The van der Waals surface area contributed by atoms with Gasteiger partial charge >= 0.3 is 6.03 Å². The van der Waals surface area contributed by atoms with E-state index in [0.717, 1.165) is 40.7 Å². The van der Waals surface area contributed by atoms with E-state index in [4.69, 9.17) is 0 Å². The fraction of sp³-hybridized carbons (Fsp3) is 0.333. The van der Waals surface area contributed by atoms with E-state index < -0.39 is 0 Å². The molecule has 0 bridgehead atoms. The molecule has 0 aromatic carbocycles. The maximum atomic E-state index is 12.7. The van der Waals surface area contributed by atoms with Crippen LogP contribution in [0.1, 0.15) is 30.3 Å². The molecule has 1 atom stereocenters. The third-order valence-electron chi connectivity index (χ3n) is 3.87. The van der Waals surface area contributed by atoms with Crippen LogP contribution in [0.25, 0.3) is 9.88 Å². The summed E-state index contributed by atoms with van der Waals surface area (Å²) in [6.45, 7) is 0.743. The van der Waals surface area contributed by atoms with Gasteiger partial charge in [-0.2, -0.15) is 0 Å². The molecule has 0 aliphatic carbocycles. The van der Waals surface area contributed by atoms with Crippen LogP contribution in [0.3, 0.4) is 0 Å². The van der Waals surface area contributed by atoms with Crippen molar-refractivity contribution < 1.29 is 4.79 Å². The van der Waals surface area contributed by atoms with Gasteiger partial charge < -0.3 is 4.90 Å². The Morgan fingerprint density at radius 2 is 2.21 bits per heavy atom. The summed E-state index contributed by atoms with van der Waals surface area (Å²) in [7, 11) is 0. The Balaban J connectivity index is 1.48. The summed E-state index contributed by atoms with van der Waals surface area (Å²) in [4.78, 5) is 20.0. The van der Waals surface area contributed by atoms with Crippen LogP contribution in [0.15, 0.2) is 29.1 Å². The molecule has 1 aliphatic rings. The monoisotopic (exact) mass is 377 g/mol. The molecule has 2 amide bonds. The van der Waals surface area contributed by atoms with Crippen LogP contribution in [0, 0.1) is 0 Å². The molecule has 0 saturated carbocycles. The molecule has 1 saturated heterocycles. The number of aromatic nitrogens is 3. The Kier molecular flexibility index (Phi) is 4.54. The molecule has 0 spiro atoms. The van der Waals surface area contributed by atoms with Crippen LogP contribution in [-0.4, -0.2) is 32.7 Å². The predicted octanol–water partition coefficient (Wildman–Crippen LogP) is 4.48. The van der Waals surface area contributed by atoms with Gasteiger partial charge in [-0.3, -0.25) is 5.32 Å². The molecule has 1 fully saturated rings. The fourth-order valence-electron chi connectivity index (χ4n) is 2.77. The summed E-state index contributed by atoms with van der Waals surface area (Å²) in [6.07, 6.45) is 4.89. The Morgan fingerprint density at radius 3 is 3.00 bits per heavy atom. The Labute approximate surface area is 151 Å². The molecule has 1 unspecified atom stereocenters. The van der Waals surface area contributed by atoms with E-state index in [0.29, 0.717) is 5.13 Å². The number of nitrogens with zero attached hydrogens (tertiary/aromatic N) is 4. The highest BCUT2D eigenvalue weighted by molar-refractivity contribution is 7.23. The minimum atomic E-state index is -0.122. The van der Waals surface area contributed by atoms with Crippen molar-refractivity contribution in [2.45, 2.75) is 25.3 Å². The fourth-order valence-corrected chi connectivity index (χ4v) is 5.08.